The SMILES string of the molecule is FC(F)(F)c1nc(CC=Cc2ccccc2)nc(C(Cl)(Cl)Cl)n1. The Labute approximate surface area is 145 Å². The van der Waals surface area contributed by atoms with Crippen molar-refractivity contribution in [1.82, 2.24) is 15.0 Å². The van der Waals surface area contributed by atoms with E-state index in [1.807, 2.05) is 30.3 Å². The smallest absolute Gasteiger partial charge is 0.213 e. The molecule has 0 aliphatic carbocycles. The second-order valence-corrected chi connectivity index (χ2v) is 6.69. The summed E-state index contributed by atoms with van der Waals surface area (Å²) in [6, 6.07) is 9.22. The Morgan fingerprint density at radius 3 is 2.09 bits per heavy atom. The molecular weight excluding hydrogens is 374 g/mol. The highest BCUT2D eigenvalue weighted by molar-refractivity contribution is 6.66. The minimum Gasteiger partial charge on any atom is -0.213 e. The van der Waals surface area contributed by atoms with Crippen molar-refractivity contribution in [2.24, 2.45) is 0 Å². The van der Waals surface area contributed by atoms with Crippen LogP contribution in [0.15, 0.2) is 36.4 Å². The molecule has 0 spiro atoms. The third kappa shape index (κ3) is 5.34. The topological polar surface area (TPSA) is 38.7 Å². The van der Waals surface area contributed by atoms with Gasteiger partial charge in [0.05, 0.1) is 0 Å². The third-order valence-corrected chi connectivity index (χ3v) is 3.11. The van der Waals surface area contributed by atoms with Crippen molar-refractivity contribution in [3.8, 4) is 0 Å². The maximum atomic E-state index is 12.8. The molecule has 122 valence electrons. The van der Waals surface area contributed by atoms with Gasteiger partial charge >= 0.3 is 6.18 Å². The van der Waals surface area contributed by atoms with Crippen molar-refractivity contribution >= 4 is 40.9 Å². The summed E-state index contributed by atoms with van der Waals surface area (Å²) in [6.45, 7) is 0. The number of halogens is 6. The molecule has 23 heavy (non-hydrogen) atoms. The second-order valence-electron chi connectivity index (χ2n) is 4.41. The van der Waals surface area contributed by atoms with Crippen molar-refractivity contribution in [3.63, 3.8) is 0 Å². The van der Waals surface area contributed by atoms with Crippen LogP contribution in [-0.2, 0) is 16.4 Å². The highest BCUT2D eigenvalue weighted by Crippen LogP contribution is 2.37. The number of hydrogen-bond acceptors (Lipinski definition) is 3. The van der Waals surface area contributed by atoms with E-state index in [1.54, 1.807) is 12.2 Å². The van der Waals surface area contributed by atoms with Crippen LogP contribution in [-0.4, -0.2) is 15.0 Å². The minimum absolute atomic E-state index is 0.0360. The van der Waals surface area contributed by atoms with E-state index in [9.17, 15) is 13.2 Å². The van der Waals surface area contributed by atoms with E-state index in [1.165, 1.54) is 0 Å². The number of rotatable bonds is 3. The van der Waals surface area contributed by atoms with E-state index < -0.39 is 21.6 Å². The van der Waals surface area contributed by atoms with Crippen LogP contribution in [0.1, 0.15) is 23.0 Å². The average molecular weight is 383 g/mol. The lowest BCUT2D eigenvalue weighted by Crippen LogP contribution is -2.19. The maximum Gasteiger partial charge on any atom is 0.451 e. The molecule has 9 heteroatoms. The summed E-state index contributed by atoms with van der Waals surface area (Å²) in [5.41, 5.74) is 0.888. The Morgan fingerprint density at radius 2 is 1.52 bits per heavy atom. The van der Waals surface area contributed by atoms with Crippen LogP contribution < -0.4 is 0 Å². The number of allylic oxidation sites excluding steroid dienone is 1. The molecule has 0 bridgehead atoms. The molecule has 1 aromatic heterocycles. The molecule has 0 aliphatic heterocycles. The molecule has 0 unspecified atom stereocenters. The van der Waals surface area contributed by atoms with E-state index in [0.717, 1.165) is 5.56 Å². The number of benzene rings is 1. The van der Waals surface area contributed by atoms with Gasteiger partial charge in [0, 0.05) is 6.42 Å². The molecule has 2 rings (SSSR count). The van der Waals surface area contributed by atoms with Crippen molar-refractivity contribution in [3.05, 3.63) is 59.4 Å². The van der Waals surface area contributed by atoms with Gasteiger partial charge in [-0.2, -0.15) is 13.2 Å². The van der Waals surface area contributed by atoms with Crippen LogP contribution in [0, 0.1) is 0 Å². The molecule has 0 fully saturated rings. The summed E-state index contributed by atoms with van der Waals surface area (Å²) in [4.78, 5) is 10.3. The summed E-state index contributed by atoms with van der Waals surface area (Å²) in [7, 11) is 0. The number of alkyl halides is 6. The Balaban J connectivity index is 2.29. The number of hydrogen-bond donors (Lipinski definition) is 0. The van der Waals surface area contributed by atoms with Gasteiger partial charge in [-0.25, -0.2) is 15.0 Å². The summed E-state index contributed by atoms with van der Waals surface area (Å²) in [5.74, 6) is -2.09. The van der Waals surface area contributed by atoms with E-state index in [0.29, 0.717) is 0 Å². The van der Waals surface area contributed by atoms with Gasteiger partial charge in [0.1, 0.15) is 5.82 Å². The summed E-state index contributed by atoms with van der Waals surface area (Å²) in [6.07, 6.45) is -1.38. The molecule has 0 saturated carbocycles. The van der Waals surface area contributed by atoms with Crippen LogP contribution in [0.3, 0.4) is 0 Å². The van der Waals surface area contributed by atoms with E-state index in [-0.39, 0.29) is 12.2 Å². The molecule has 1 heterocycles. The number of aromatic nitrogens is 3. The first-order valence-electron chi connectivity index (χ1n) is 6.27. The molecule has 3 nitrogen and oxygen atoms in total. The summed E-state index contributed by atoms with van der Waals surface area (Å²) in [5, 5.41) is 0. The predicted molar refractivity (Wildman–Crippen MR) is 83.2 cm³/mol. The largest absolute Gasteiger partial charge is 0.451 e. The minimum atomic E-state index is -4.76. The Bertz CT molecular complexity index is 666. The first-order valence-corrected chi connectivity index (χ1v) is 7.40. The van der Waals surface area contributed by atoms with Crippen LogP contribution in [0.25, 0.3) is 6.08 Å². The lowest BCUT2D eigenvalue weighted by molar-refractivity contribution is -0.145. The van der Waals surface area contributed by atoms with Crippen LogP contribution in [0.4, 0.5) is 13.2 Å². The molecule has 0 amide bonds. The van der Waals surface area contributed by atoms with Crippen LogP contribution >= 0.6 is 34.8 Å². The van der Waals surface area contributed by atoms with Crippen LogP contribution in [0.5, 0.6) is 0 Å². The van der Waals surface area contributed by atoms with Gasteiger partial charge in [0.25, 0.3) is 0 Å². The van der Waals surface area contributed by atoms with Gasteiger partial charge in [-0.05, 0) is 5.56 Å². The highest BCUT2D eigenvalue weighted by atomic mass is 35.6. The highest BCUT2D eigenvalue weighted by Gasteiger charge is 2.38. The predicted octanol–water partition coefficient (Wildman–Crippen LogP) is 4.97. The van der Waals surface area contributed by atoms with Gasteiger partial charge in [-0.3, -0.25) is 0 Å². The van der Waals surface area contributed by atoms with Crippen LogP contribution in [0.2, 0.25) is 0 Å². The molecule has 0 atom stereocenters. The standard InChI is InChI=1S/C14H9Cl3F3N3/c15-13(16,17)11-21-10(22-12(23-11)14(18,19)20)8-4-7-9-5-2-1-3-6-9/h1-7H,8H2. The lowest BCUT2D eigenvalue weighted by atomic mass is 10.2. The third-order valence-electron chi connectivity index (χ3n) is 2.60. The zero-order valence-electron chi connectivity index (χ0n) is 11.4. The van der Waals surface area contributed by atoms with E-state index in [2.05, 4.69) is 15.0 Å². The molecule has 0 radical (unpaired) electrons. The zero-order chi connectivity index (χ0) is 17.1. The van der Waals surface area contributed by atoms with Gasteiger partial charge in [-0.15, -0.1) is 0 Å². The fourth-order valence-corrected chi connectivity index (χ4v) is 1.88. The van der Waals surface area contributed by atoms with Crippen molar-refractivity contribution in [1.29, 1.82) is 0 Å². The lowest BCUT2D eigenvalue weighted by Gasteiger charge is -2.13. The molecular formula is C14H9Cl3F3N3. The normalized spacial score (nSPS) is 12.8. The summed E-state index contributed by atoms with van der Waals surface area (Å²) >= 11 is 16.7. The summed E-state index contributed by atoms with van der Waals surface area (Å²) < 4.78 is 36.3. The Kier molecular flexibility index (Phi) is 5.49. The Hall–Kier alpha value is -1.37. The van der Waals surface area contributed by atoms with Gasteiger partial charge in [-0.1, -0.05) is 77.3 Å². The van der Waals surface area contributed by atoms with Crippen molar-refractivity contribution in [2.75, 3.05) is 0 Å². The zero-order valence-corrected chi connectivity index (χ0v) is 13.6. The fraction of sp³-hybridized carbons (Fsp3) is 0.214. The average Bonchev–Trinajstić information content (AvgIpc) is 2.46. The molecule has 0 aliphatic rings. The van der Waals surface area contributed by atoms with E-state index in [4.69, 9.17) is 34.8 Å². The quantitative estimate of drug-likeness (QED) is 0.703. The molecule has 0 N–H and O–H groups in total. The van der Waals surface area contributed by atoms with Crippen molar-refractivity contribution < 1.29 is 13.2 Å². The molecule has 2 aromatic rings. The molecule has 1 aromatic carbocycles. The monoisotopic (exact) mass is 381 g/mol. The Morgan fingerprint density at radius 1 is 0.913 bits per heavy atom. The van der Waals surface area contributed by atoms with Gasteiger partial charge < -0.3 is 0 Å². The molecule has 0 saturated heterocycles. The fourth-order valence-electron chi connectivity index (χ4n) is 1.63. The number of nitrogens with zero attached hydrogens (tertiary/aromatic N) is 3. The first-order chi connectivity index (χ1) is 10.7. The van der Waals surface area contributed by atoms with E-state index >= 15 is 0 Å². The maximum absolute atomic E-state index is 12.8. The van der Waals surface area contributed by atoms with Gasteiger partial charge in [0.15, 0.2) is 5.82 Å². The van der Waals surface area contributed by atoms with Crippen molar-refractivity contribution in [2.45, 2.75) is 16.4 Å². The van der Waals surface area contributed by atoms with Gasteiger partial charge in [0.2, 0.25) is 9.62 Å². The first kappa shape index (κ1) is 18.0. The second kappa shape index (κ2) is 7.03.